The molecule has 1 heterocycles. The van der Waals surface area contributed by atoms with Crippen molar-refractivity contribution < 1.29 is 8.81 Å². The van der Waals surface area contributed by atoms with Gasteiger partial charge in [-0.15, -0.1) is 0 Å². The number of benzene rings is 2. The maximum absolute atomic E-state index is 12.9. The zero-order valence-corrected chi connectivity index (χ0v) is 11.9. The first-order valence-electron chi connectivity index (χ1n) is 6.56. The van der Waals surface area contributed by atoms with E-state index in [1.807, 2.05) is 18.2 Å². The lowest BCUT2D eigenvalue weighted by molar-refractivity contribution is 0.434. The lowest BCUT2D eigenvalue weighted by atomic mass is 10.0. The molecule has 3 rings (SSSR count). The number of furan rings is 1. The fourth-order valence-corrected chi connectivity index (χ4v) is 2.54. The van der Waals surface area contributed by atoms with Crippen LogP contribution in [0.2, 0.25) is 5.02 Å². The van der Waals surface area contributed by atoms with E-state index in [-0.39, 0.29) is 11.9 Å². The van der Waals surface area contributed by atoms with Crippen LogP contribution in [-0.2, 0) is 6.42 Å². The topological polar surface area (TPSA) is 51.2 Å². The molecular formula is C16H14ClFN2O. The van der Waals surface area contributed by atoms with Crippen LogP contribution in [0.25, 0.3) is 11.0 Å². The molecule has 1 unspecified atom stereocenters. The summed E-state index contributed by atoms with van der Waals surface area (Å²) in [5.74, 6) is 6.07. The van der Waals surface area contributed by atoms with Gasteiger partial charge in [-0.05, 0) is 36.2 Å². The number of nitrogens with two attached hydrogens (primary N) is 1. The van der Waals surface area contributed by atoms with Crippen LogP contribution in [0.1, 0.15) is 17.4 Å². The van der Waals surface area contributed by atoms with Crippen LogP contribution in [0.5, 0.6) is 0 Å². The molecule has 0 saturated carbocycles. The number of hydrogen-bond donors (Lipinski definition) is 2. The highest BCUT2D eigenvalue weighted by Crippen LogP contribution is 2.30. The number of rotatable bonds is 4. The molecule has 0 aliphatic heterocycles. The summed E-state index contributed by atoms with van der Waals surface area (Å²) in [6.07, 6.45) is 0.591. The van der Waals surface area contributed by atoms with Gasteiger partial charge in [-0.2, -0.15) is 0 Å². The molecule has 21 heavy (non-hydrogen) atoms. The van der Waals surface area contributed by atoms with Crippen LogP contribution >= 0.6 is 11.6 Å². The van der Waals surface area contributed by atoms with Crippen LogP contribution in [0, 0.1) is 5.82 Å². The Kier molecular flexibility index (Phi) is 3.92. The normalized spacial score (nSPS) is 12.7. The maximum atomic E-state index is 12.9. The average Bonchev–Trinajstić information content (AvgIpc) is 2.92. The number of fused-ring (bicyclic) bond motifs is 1. The molecule has 1 aromatic heterocycles. The molecule has 0 amide bonds. The second kappa shape index (κ2) is 5.85. The summed E-state index contributed by atoms with van der Waals surface area (Å²) in [6.45, 7) is 0. The van der Waals surface area contributed by atoms with Crippen molar-refractivity contribution >= 4 is 22.6 Å². The van der Waals surface area contributed by atoms with Gasteiger partial charge in [-0.1, -0.05) is 35.9 Å². The van der Waals surface area contributed by atoms with E-state index >= 15 is 0 Å². The first-order valence-corrected chi connectivity index (χ1v) is 6.93. The Bertz CT molecular complexity index is 755. The minimum absolute atomic E-state index is 0.209. The molecule has 3 nitrogen and oxygen atoms in total. The number of hydrazine groups is 1. The molecule has 1 atom stereocenters. The summed E-state index contributed by atoms with van der Waals surface area (Å²) in [5.41, 5.74) is 4.34. The Morgan fingerprint density at radius 3 is 2.62 bits per heavy atom. The van der Waals surface area contributed by atoms with Crippen molar-refractivity contribution in [1.29, 1.82) is 0 Å². The van der Waals surface area contributed by atoms with Gasteiger partial charge < -0.3 is 4.42 Å². The van der Waals surface area contributed by atoms with Crippen LogP contribution in [0.15, 0.2) is 52.9 Å². The zero-order valence-electron chi connectivity index (χ0n) is 11.1. The minimum atomic E-state index is -0.258. The summed E-state index contributed by atoms with van der Waals surface area (Å²) in [5, 5.41) is 1.49. The summed E-state index contributed by atoms with van der Waals surface area (Å²) >= 11 is 6.11. The zero-order chi connectivity index (χ0) is 14.8. The highest BCUT2D eigenvalue weighted by molar-refractivity contribution is 6.34. The van der Waals surface area contributed by atoms with Crippen LogP contribution in [0.3, 0.4) is 0 Å². The lowest BCUT2D eigenvalue weighted by Gasteiger charge is -2.13. The van der Waals surface area contributed by atoms with Crippen molar-refractivity contribution in [3.05, 3.63) is 70.7 Å². The Hall–Kier alpha value is -1.88. The van der Waals surface area contributed by atoms with Crippen molar-refractivity contribution in [2.24, 2.45) is 5.84 Å². The van der Waals surface area contributed by atoms with Gasteiger partial charge in [0.05, 0.1) is 11.1 Å². The van der Waals surface area contributed by atoms with E-state index in [1.165, 1.54) is 12.1 Å². The molecule has 0 fully saturated rings. The van der Waals surface area contributed by atoms with Gasteiger partial charge in [0, 0.05) is 5.39 Å². The van der Waals surface area contributed by atoms with Crippen molar-refractivity contribution in [3.63, 3.8) is 0 Å². The van der Waals surface area contributed by atoms with Crippen LogP contribution in [0.4, 0.5) is 4.39 Å². The third-order valence-electron chi connectivity index (χ3n) is 3.41. The molecule has 0 bridgehead atoms. The first kappa shape index (κ1) is 14.1. The second-order valence-electron chi connectivity index (χ2n) is 4.86. The molecule has 0 spiro atoms. The van der Waals surface area contributed by atoms with Gasteiger partial charge in [0.1, 0.15) is 11.6 Å². The third kappa shape index (κ3) is 2.93. The average molecular weight is 305 g/mol. The first-order chi connectivity index (χ1) is 10.2. The Morgan fingerprint density at radius 2 is 1.95 bits per heavy atom. The van der Waals surface area contributed by atoms with Gasteiger partial charge in [0.25, 0.3) is 0 Å². The van der Waals surface area contributed by atoms with Gasteiger partial charge in [-0.3, -0.25) is 5.84 Å². The molecular weight excluding hydrogens is 291 g/mol. The van der Waals surface area contributed by atoms with E-state index in [0.29, 0.717) is 22.8 Å². The van der Waals surface area contributed by atoms with Crippen molar-refractivity contribution in [1.82, 2.24) is 5.43 Å². The summed E-state index contributed by atoms with van der Waals surface area (Å²) in [4.78, 5) is 0. The number of nitrogens with one attached hydrogen (secondary N) is 1. The van der Waals surface area contributed by atoms with Crippen molar-refractivity contribution in [3.8, 4) is 0 Å². The SMILES string of the molecule is NNC(Cc1ccc(F)cc1)c1cc2cccc(Cl)c2o1. The fourth-order valence-electron chi connectivity index (χ4n) is 2.32. The third-order valence-corrected chi connectivity index (χ3v) is 3.71. The molecule has 0 saturated heterocycles. The van der Waals surface area contributed by atoms with Crippen molar-refractivity contribution in [2.75, 3.05) is 0 Å². The van der Waals surface area contributed by atoms with E-state index in [9.17, 15) is 4.39 Å². The Balaban J connectivity index is 1.90. The quantitative estimate of drug-likeness (QED) is 0.566. The number of halogens is 2. The standard InChI is InChI=1S/C16H14ClFN2O/c17-13-3-1-2-11-9-15(21-16(11)13)14(20-19)8-10-4-6-12(18)7-5-10/h1-7,9,14,20H,8,19H2. The van der Waals surface area contributed by atoms with Crippen LogP contribution < -0.4 is 11.3 Å². The Morgan fingerprint density at radius 1 is 1.19 bits per heavy atom. The van der Waals surface area contributed by atoms with Crippen LogP contribution in [-0.4, -0.2) is 0 Å². The smallest absolute Gasteiger partial charge is 0.152 e. The van der Waals surface area contributed by atoms with Gasteiger partial charge in [-0.25, -0.2) is 9.82 Å². The van der Waals surface area contributed by atoms with Gasteiger partial charge >= 0.3 is 0 Å². The molecule has 3 aromatic rings. The minimum Gasteiger partial charge on any atom is -0.458 e. The molecule has 3 N–H and O–H groups in total. The van der Waals surface area contributed by atoms with E-state index < -0.39 is 0 Å². The molecule has 0 aliphatic carbocycles. The van der Waals surface area contributed by atoms with E-state index in [4.69, 9.17) is 21.9 Å². The summed E-state index contributed by atoms with van der Waals surface area (Å²) < 4.78 is 18.7. The highest BCUT2D eigenvalue weighted by atomic mass is 35.5. The van der Waals surface area contributed by atoms with Crippen molar-refractivity contribution in [2.45, 2.75) is 12.5 Å². The molecule has 0 radical (unpaired) electrons. The summed E-state index contributed by atoms with van der Waals surface area (Å²) in [7, 11) is 0. The van der Waals surface area contributed by atoms with Gasteiger partial charge in [0.2, 0.25) is 0 Å². The van der Waals surface area contributed by atoms with E-state index in [1.54, 1.807) is 18.2 Å². The van der Waals surface area contributed by atoms with Gasteiger partial charge in [0.15, 0.2) is 5.58 Å². The molecule has 108 valence electrons. The second-order valence-corrected chi connectivity index (χ2v) is 5.26. The lowest BCUT2D eigenvalue weighted by Crippen LogP contribution is -2.29. The predicted molar refractivity (Wildman–Crippen MR) is 81.4 cm³/mol. The fraction of sp³-hybridized carbons (Fsp3) is 0.125. The number of hydrogen-bond acceptors (Lipinski definition) is 3. The molecule has 2 aromatic carbocycles. The maximum Gasteiger partial charge on any atom is 0.152 e. The molecule has 0 aliphatic rings. The molecule has 5 heteroatoms. The summed E-state index contributed by atoms with van der Waals surface area (Å²) in [6, 6.07) is 13.6. The highest BCUT2D eigenvalue weighted by Gasteiger charge is 2.16. The largest absolute Gasteiger partial charge is 0.458 e. The van der Waals surface area contributed by atoms with E-state index in [0.717, 1.165) is 10.9 Å². The van der Waals surface area contributed by atoms with E-state index in [2.05, 4.69) is 5.43 Å². The Labute approximate surface area is 126 Å². The predicted octanol–water partition coefficient (Wildman–Crippen LogP) is 3.97. The monoisotopic (exact) mass is 304 g/mol. The number of para-hydroxylation sites is 1.